The van der Waals surface area contributed by atoms with E-state index in [0.717, 1.165) is 22.9 Å². The van der Waals surface area contributed by atoms with Crippen LogP contribution in [-0.2, 0) is 9.59 Å². The van der Waals surface area contributed by atoms with Gasteiger partial charge >= 0.3 is 0 Å². The van der Waals surface area contributed by atoms with E-state index < -0.39 is 17.7 Å². The Balaban J connectivity index is 2.15. The van der Waals surface area contributed by atoms with Gasteiger partial charge in [-0.3, -0.25) is 9.59 Å². The van der Waals surface area contributed by atoms with Crippen LogP contribution in [-0.4, -0.2) is 28.2 Å². The van der Waals surface area contributed by atoms with E-state index in [2.05, 4.69) is 15.9 Å². The second-order valence-corrected chi connectivity index (χ2v) is 7.18. The quantitative estimate of drug-likeness (QED) is 0.440. The number of hydrogen-bond acceptors (Lipinski definition) is 3. The largest absolute Gasteiger partial charge is 0.507 e. The maximum Gasteiger partial charge on any atom is 0.295 e. The summed E-state index contributed by atoms with van der Waals surface area (Å²) in [5.41, 5.74) is 1.49. The molecule has 0 aromatic heterocycles. The fourth-order valence-electron chi connectivity index (χ4n) is 3.18. The molecule has 2 aromatic rings. The van der Waals surface area contributed by atoms with E-state index in [0.29, 0.717) is 12.1 Å². The van der Waals surface area contributed by atoms with E-state index in [-0.39, 0.29) is 11.3 Å². The maximum absolute atomic E-state index is 12.7. The van der Waals surface area contributed by atoms with Crippen LogP contribution in [0.3, 0.4) is 0 Å². The van der Waals surface area contributed by atoms with E-state index in [1.165, 1.54) is 0 Å². The average Bonchev–Trinajstić information content (AvgIpc) is 2.91. The molecule has 3 rings (SSSR count). The molecule has 5 heteroatoms. The van der Waals surface area contributed by atoms with E-state index in [1.54, 1.807) is 29.2 Å². The summed E-state index contributed by atoms with van der Waals surface area (Å²) in [7, 11) is 0. The number of aliphatic hydroxyl groups is 1. The monoisotopic (exact) mass is 413 g/mol. The Hall–Kier alpha value is -2.40. The second-order valence-electron chi connectivity index (χ2n) is 6.26. The molecule has 134 valence electrons. The van der Waals surface area contributed by atoms with Crippen LogP contribution in [0.5, 0.6) is 0 Å². The summed E-state index contributed by atoms with van der Waals surface area (Å²) in [6.45, 7) is 2.52. The highest BCUT2D eigenvalue weighted by Gasteiger charge is 2.45. The van der Waals surface area contributed by atoms with Crippen LogP contribution >= 0.6 is 15.9 Å². The highest BCUT2D eigenvalue weighted by Crippen LogP contribution is 2.39. The van der Waals surface area contributed by atoms with Crippen molar-refractivity contribution in [3.63, 3.8) is 0 Å². The van der Waals surface area contributed by atoms with E-state index in [4.69, 9.17) is 0 Å². The third kappa shape index (κ3) is 3.44. The number of carbonyl (C=O) groups excluding carboxylic acids is 2. The molecule has 26 heavy (non-hydrogen) atoms. The van der Waals surface area contributed by atoms with Gasteiger partial charge < -0.3 is 10.0 Å². The number of rotatable bonds is 5. The van der Waals surface area contributed by atoms with Gasteiger partial charge in [0, 0.05) is 16.6 Å². The minimum Gasteiger partial charge on any atom is -0.507 e. The van der Waals surface area contributed by atoms with Gasteiger partial charge in [-0.2, -0.15) is 0 Å². The summed E-state index contributed by atoms with van der Waals surface area (Å²) < 4.78 is 0.912. The molecule has 1 amide bonds. The zero-order valence-electron chi connectivity index (χ0n) is 14.5. The molecule has 1 aliphatic heterocycles. The molecule has 0 saturated carbocycles. The van der Waals surface area contributed by atoms with Gasteiger partial charge in [0.05, 0.1) is 11.6 Å². The van der Waals surface area contributed by atoms with Gasteiger partial charge in [-0.15, -0.1) is 0 Å². The normalized spacial score (nSPS) is 19.2. The van der Waals surface area contributed by atoms with Gasteiger partial charge in [0.25, 0.3) is 11.7 Å². The molecule has 1 fully saturated rings. The number of amides is 1. The molecule has 1 atom stereocenters. The summed E-state index contributed by atoms with van der Waals surface area (Å²) in [4.78, 5) is 26.9. The molecule has 4 nitrogen and oxygen atoms in total. The zero-order valence-corrected chi connectivity index (χ0v) is 16.1. The molecule has 0 aliphatic carbocycles. The number of aliphatic hydroxyl groups excluding tert-OH is 1. The van der Waals surface area contributed by atoms with Crippen molar-refractivity contribution in [2.45, 2.75) is 25.8 Å². The Kier molecular flexibility index (Phi) is 5.57. The molecular weight excluding hydrogens is 394 g/mol. The van der Waals surface area contributed by atoms with Crippen molar-refractivity contribution >= 4 is 33.4 Å². The first-order valence-electron chi connectivity index (χ1n) is 8.64. The van der Waals surface area contributed by atoms with Crippen molar-refractivity contribution in [2.75, 3.05) is 6.54 Å². The Morgan fingerprint density at radius 3 is 2.35 bits per heavy atom. The third-order valence-electron chi connectivity index (χ3n) is 4.53. The van der Waals surface area contributed by atoms with Gasteiger partial charge in [0.15, 0.2) is 0 Å². The SMILES string of the molecule is CCCCN1C(=O)C(=O)/C(=C(/O)c2ccccc2)[C@@H]1c1ccc(Br)cc1. The fraction of sp³-hybridized carbons (Fsp3) is 0.238. The topological polar surface area (TPSA) is 57.6 Å². The van der Waals surface area contributed by atoms with Crippen molar-refractivity contribution in [1.29, 1.82) is 0 Å². The number of benzene rings is 2. The van der Waals surface area contributed by atoms with Gasteiger partial charge in [-0.05, 0) is 24.1 Å². The van der Waals surface area contributed by atoms with Crippen molar-refractivity contribution < 1.29 is 14.7 Å². The minimum absolute atomic E-state index is 0.129. The zero-order chi connectivity index (χ0) is 18.7. The van der Waals surface area contributed by atoms with Gasteiger partial charge in [0.2, 0.25) is 0 Å². The Morgan fingerprint density at radius 2 is 1.73 bits per heavy atom. The number of halogens is 1. The van der Waals surface area contributed by atoms with E-state index >= 15 is 0 Å². The van der Waals surface area contributed by atoms with E-state index in [9.17, 15) is 14.7 Å². The molecule has 0 unspecified atom stereocenters. The van der Waals surface area contributed by atoms with Gasteiger partial charge in [0.1, 0.15) is 5.76 Å². The number of carbonyl (C=O) groups is 2. The fourth-order valence-corrected chi connectivity index (χ4v) is 3.45. The minimum atomic E-state index is -0.629. The standard InChI is InChI=1S/C21H20BrNO3/c1-2-3-13-23-18(14-9-11-16(22)12-10-14)17(20(25)21(23)26)19(24)15-7-5-4-6-8-15/h4-12,18,24H,2-3,13H2,1H3/b19-17+/t18-/m0/s1. The molecule has 2 aromatic carbocycles. The summed E-state index contributed by atoms with van der Waals surface area (Å²) in [5, 5.41) is 10.8. The van der Waals surface area contributed by atoms with Crippen molar-refractivity contribution in [1.82, 2.24) is 4.90 Å². The molecule has 0 spiro atoms. The number of hydrogen-bond donors (Lipinski definition) is 1. The molecule has 0 bridgehead atoms. The highest BCUT2D eigenvalue weighted by molar-refractivity contribution is 9.10. The van der Waals surface area contributed by atoms with Crippen LogP contribution in [0.25, 0.3) is 5.76 Å². The first kappa shape index (κ1) is 18.4. The predicted octanol–water partition coefficient (Wildman–Crippen LogP) is 4.67. The number of nitrogens with zero attached hydrogens (tertiary/aromatic N) is 1. The second kappa shape index (κ2) is 7.87. The van der Waals surface area contributed by atoms with Gasteiger partial charge in [-0.1, -0.05) is 71.7 Å². The van der Waals surface area contributed by atoms with Crippen LogP contribution in [0.4, 0.5) is 0 Å². The molecule has 1 saturated heterocycles. The third-order valence-corrected chi connectivity index (χ3v) is 5.05. The Morgan fingerprint density at radius 1 is 1.08 bits per heavy atom. The number of Topliss-reactive ketones (excluding diaryl/α,β-unsaturated/α-hetero) is 1. The Labute approximate surface area is 161 Å². The first-order valence-corrected chi connectivity index (χ1v) is 9.43. The van der Waals surface area contributed by atoms with Crippen LogP contribution in [0.15, 0.2) is 64.6 Å². The Bertz CT molecular complexity index is 843. The lowest BCUT2D eigenvalue weighted by molar-refractivity contribution is -0.139. The van der Waals surface area contributed by atoms with Crippen LogP contribution < -0.4 is 0 Å². The molecule has 1 aliphatic rings. The molecule has 1 N–H and O–H groups in total. The van der Waals surface area contributed by atoms with Crippen molar-refractivity contribution in [3.8, 4) is 0 Å². The summed E-state index contributed by atoms with van der Waals surface area (Å²) in [6, 6.07) is 15.8. The highest BCUT2D eigenvalue weighted by atomic mass is 79.9. The van der Waals surface area contributed by atoms with Crippen LogP contribution in [0.2, 0.25) is 0 Å². The first-order chi connectivity index (χ1) is 12.5. The smallest absolute Gasteiger partial charge is 0.295 e. The number of likely N-dealkylation sites (tertiary alicyclic amines) is 1. The number of ketones is 1. The molecule has 0 radical (unpaired) electrons. The predicted molar refractivity (Wildman–Crippen MR) is 105 cm³/mol. The summed E-state index contributed by atoms with van der Waals surface area (Å²) >= 11 is 3.41. The molecular formula is C21H20BrNO3. The lowest BCUT2D eigenvalue weighted by atomic mass is 9.95. The lowest BCUT2D eigenvalue weighted by Gasteiger charge is -2.25. The average molecular weight is 414 g/mol. The molecule has 1 heterocycles. The summed E-state index contributed by atoms with van der Waals surface area (Å²) in [6.07, 6.45) is 1.71. The van der Waals surface area contributed by atoms with Gasteiger partial charge in [-0.25, -0.2) is 0 Å². The number of unbranched alkanes of at least 4 members (excludes halogenated alkanes) is 1. The summed E-state index contributed by atoms with van der Waals surface area (Å²) in [5.74, 6) is -1.31. The van der Waals surface area contributed by atoms with Crippen LogP contribution in [0.1, 0.15) is 36.9 Å². The van der Waals surface area contributed by atoms with Crippen LogP contribution in [0, 0.1) is 0 Å². The van der Waals surface area contributed by atoms with Crippen molar-refractivity contribution in [2.24, 2.45) is 0 Å². The lowest BCUT2D eigenvalue weighted by Crippen LogP contribution is -2.30. The van der Waals surface area contributed by atoms with Crippen molar-refractivity contribution in [3.05, 3.63) is 75.8 Å². The maximum atomic E-state index is 12.7. The van der Waals surface area contributed by atoms with E-state index in [1.807, 2.05) is 37.3 Å².